The van der Waals surface area contributed by atoms with Gasteiger partial charge in [-0.15, -0.1) is 0 Å². The Hall–Kier alpha value is -2.30. The molecule has 2 rings (SSSR count). The van der Waals surface area contributed by atoms with E-state index in [1.807, 2.05) is 0 Å². The zero-order valence-electron chi connectivity index (χ0n) is 10.8. The number of ketones is 1. The van der Waals surface area contributed by atoms with Crippen LogP contribution >= 0.6 is 0 Å². The molecule has 0 spiro atoms. The summed E-state index contributed by atoms with van der Waals surface area (Å²) in [5.41, 5.74) is 1.74. The van der Waals surface area contributed by atoms with Crippen molar-refractivity contribution < 1.29 is 19.4 Å². The van der Waals surface area contributed by atoms with E-state index in [1.54, 1.807) is 23.6 Å². The zero-order valence-corrected chi connectivity index (χ0v) is 10.8. The Balaban J connectivity index is 2.50. The number of carbonyl (C=O) groups is 2. The van der Waals surface area contributed by atoms with Crippen LogP contribution in [0.4, 0.5) is 0 Å². The first-order valence-corrected chi connectivity index (χ1v) is 6.02. The Kier molecular flexibility index (Phi) is 3.55. The van der Waals surface area contributed by atoms with E-state index in [0.717, 1.165) is 0 Å². The molecule has 100 valence electrons. The minimum Gasteiger partial charge on any atom is -0.508 e. The summed E-state index contributed by atoms with van der Waals surface area (Å²) in [6.45, 7) is 3.52. The van der Waals surface area contributed by atoms with E-state index in [-0.39, 0.29) is 23.9 Å². The Morgan fingerprint density at radius 1 is 1.37 bits per heavy atom. The van der Waals surface area contributed by atoms with Crippen molar-refractivity contribution in [2.24, 2.45) is 0 Å². The van der Waals surface area contributed by atoms with E-state index in [9.17, 15) is 14.7 Å². The van der Waals surface area contributed by atoms with Gasteiger partial charge in [0.15, 0.2) is 5.78 Å². The van der Waals surface area contributed by atoms with E-state index in [2.05, 4.69) is 0 Å². The second-order valence-electron chi connectivity index (χ2n) is 4.23. The molecule has 0 saturated heterocycles. The molecule has 0 saturated carbocycles. The first-order chi connectivity index (χ1) is 9.02. The fraction of sp³-hybridized carbons (Fsp3) is 0.286. The number of nitrogens with zero attached hydrogens (tertiary/aromatic N) is 1. The molecule has 0 bridgehead atoms. The van der Waals surface area contributed by atoms with Gasteiger partial charge in [0, 0.05) is 23.5 Å². The molecule has 2 aromatic heterocycles. The molecule has 0 aromatic carbocycles. The predicted octanol–water partition coefficient (Wildman–Crippen LogP) is 1.95. The van der Waals surface area contributed by atoms with Crippen LogP contribution in [0, 0.1) is 0 Å². The summed E-state index contributed by atoms with van der Waals surface area (Å²) in [4.78, 5) is 23.1. The van der Waals surface area contributed by atoms with E-state index >= 15 is 0 Å². The number of fused-ring (bicyclic) bond motifs is 1. The number of Topliss-reactive ketones (excluding diaryl/α,β-unsaturated/α-hetero) is 1. The molecule has 1 N–H and O–H groups in total. The highest BCUT2D eigenvalue weighted by molar-refractivity contribution is 6.01. The number of aromatic hydroxyl groups is 1. The second-order valence-corrected chi connectivity index (χ2v) is 4.23. The molecule has 2 heterocycles. The molecule has 0 aliphatic carbocycles. The molecule has 5 nitrogen and oxygen atoms in total. The summed E-state index contributed by atoms with van der Waals surface area (Å²) in [6.07, 6.45) is 1.72. The number of pyridine rings is 1. The molecule has 0 aliphatic heterocycles. The minimum absolute atomic E-state index is 0.0794. The molecule has 0 radical (unpaired) electrons. The maximum absolute atomic E-state index is 11.6. The lowest BCUT2D eigenvalue weighted by Crippen LogP contribution is -2.09. The van der Waals surface area contributed by atoms with E-state index in [1.165, 1.54) is 19.1 Å². The van der Waals surface area contributed by atoms with Gasteiger partial charge in [-0.1, -0.05) is 0 Å². The number of carbonyl (C=O) groups excluding carboxylic acids is 2. The van der Waals surface area contributed by atoms with Crippen LogP contribution in [-0.2, 0) is 16.0 Å². The van der Waals surface area contributed by atoms with Gasteiger partial charge < -0.3 is 14.2 Å². The van der Waals surface area contributed by atoms with Crippen molar-refractivity contribution >= 4 is 17.3 Å². The van der Waals surface area contributed by atoms with Gasteiger partial charge in [-0.3, -0.25) is 9.59 Å². The Labute approximate surface area is 110 Å². The molecular weight excluding hydrogens is 246 g/mol. The lowest BCUT2D eigenvalue weighted by atomic mass is 10.2. The highest BCUT2D eigenvalue weighted by atomic mass is 16.5. The quantitative estimate of drug-likeness (QED) is 0.674. The molecule has 19 heavy (non-hydrogen) atoms. The van der Waals surface area contributed by atoms with Gasteiger partial charge in [-0.25, -0.2) is 0 Å². The zero-order chi connectivity index (χ0) is 14.0. The summed E-state index contributed by atoms with van der Waals surface area (Å²) >= 11 is 0. The van der Waals surface area contributed by atoms with Gasteiger partial charge in [0.25, 0.3) is 0 Å². The standard InChI is InChI=1S/C14H15NO4/c1-3-19-14(18)7-10-6-12(9(2)16)13-8-11(17)4-5-15(10)13/h4-6,8,17H,3,7H2,1-2H3. The Morgan fingerprint density at radius 3 is 2.74 bits per heavy atom. The van der Waals surface area contributed by atoms with Crippen molar-refractivity contribution in [1.29, 1.82) is 0 Å². The third kappa shape index (κ3) is 2.59. The third-order valence-electron chi connectivity index (χ3n) is 2.84. The molecule has 2 aromatic rings. The van der Waals surface area contributed by atoms with Crippen LogP contribution in [0.2, 0.25) is 0 Å². The smallest absolute Gasteiger partial charge is 0.311 e. The molecule has 0 amide bonds. The molecule has 0 aliphatic rings. The van der Waals surface area contributed by atoms with Crippen LogP contribution in [-0.4, -0.2) is 27.9 Å². The van der Waals surface area contributed by atoms with Gasteiger partial charge in [0.2, 0.25) is 0 Å². The normalized spacial score (nSPS) is 10.6. The van der Waals surface area contributed by atoms with Crippen LogP contribution in [0.15, 0.2) is 24.4 Å². The number of hydrogen-bond donors (Lipinski definition) is 1. The largest absolute Gasteiger partial charge is 0.508 e. The summed E-state index contributed by atoms with van der Waals surface area (Å²) in [6, 6.07) is 4.67. The van der Waals surface area contributed by atoms with Crippen LogP contribution < -0.4 is 0 Å². The average Bonchev–Trinajstić information content (AvgIpc) is 2.67. The Morgan fingerprint density at radius 2 is 2.11 bits per heavy atom. The third-order valence-corrected chi connectivity index (χ3v) is 2.84. The second kappa shape index (κ2) is 5.14. The first kappa shape index (κ1) is 13.1. The average molecular weight is 261 g/mol. The molecule has 0 fully saturated rings. The lowest BCUT2D eigenvalue weighted by molar-refractivity contribution is -0.142. The van der Waals surface area contributed by atoms with E-state index < -0.39 is 0 Å². The number of ether oxygens (including phenoxy) is 1. The number of aromatic nitrogens is 1. The summed E-state index contributed by atoms with van der Waals surface area (Å²) in [5, 5.41) is 9.50. The predicted molar refractivity (Wildman–Crippen MR) is 69.4 cm³/mol. The molecular formula is C14H15NO4. The molecule has 0 unspecified atom stereocenters. The van der Waals surface area contributed by atoms with Gasteiger partial charge in [-0.05, 0) is 26.0 Å². The highest BCUT2D eigenvalue weighted by Crippen LogP contribution is 2.22. The van der Waals surface area contributed by atoms with Crippen molar-refractivity contribution in [1.82, 2.24) is 4.40 Å². The fourth-order valence-electron chi connectivity index (χ4n) is 2.04. The van der Waals surface area contributed by atoms with Crippen molar-refractivity contribution in [3.8, 4) is 5.75 Å². The van der Waals surface area contributed by atoms with Crippen molar-refractivity contribution in [3.05, 3.63) is 35.7 Å². The fourth-order valence-corrected chi connectivity index (χ4v) is 2.04. The van der Waals surface area contributed by atoms with Crippen LogP contribution in [0.5, 0.6) is 5.75 Å². The minimum atomic E-state index is -0.343. The SMILES string of the molecule is CCOC(=O)Cc1cc(C(C)=O)c2cc(O)ccn12. The lowest BCUT2D eigenvalue weighted by Gasteiger charge is -2.03. The summed E-state index contributed by atoms with van der Waals surface area (Å²) in [7, 11) is 0. The number of rotatable bonds is 4. The van der Waals surface area contributed by atoms with Gasteiger partial charge >= 0.3 is 5.97 Å². The number of hydrogen-bond acceptors (Lipinski definition) is 4. The van der Waals surface area contributed by atoms with Gasteiger partial charge in [0.1, 0.15) is 5.75 Å². The molecule has 5 heteroatoms. The van der Waals surface area contributed by atoms with Crippen molar-refractivity contribution in [2.45, 2.75) is 20.3 Å². The topological polar surface area (TPSA) is 68.0 Å². The van der Waals surface area contributed by atoms with Crippen LogP contribution in [0.3, 0.4) is 0 Å². The Bertz CT molecular complexity index is 642. The van der Waals surface area contributed by atoms with Crippen molar-refractivity contribution in [2.75, 3.05) is 6.61 Å². The molecule has 0 atom stereocenters. The maximum atomic E-state index is 11.6. The maximum Gasteiger partial charge on any atom is 0.311 e. The van der Waals surface area contributed by atoms with Crippen LogP contribution in [0.1, 0.15) is 29.9 Å². The summed E-state index contributed by atoms with van der Waals surface area (Å²) in [5.74, 6) is -0.376. The van der Waals surface area contributed by atoms with Crippen molar-refractivity contribution in [3.63, 3.8) is 0 Å². The highest BCUT2D eigenvalue weighted by Gasteiger charge is 2.15. The van der Waals surface area contributed by atoms with E-state index in [0.29, 0.717) is 23.4 Å². The van der Waals surface area contributed by atoms with Gasteiger partial charge in [-0.2, -0.15) is 0 Å². The van der Waals surface area contributed by atoms with Crippen LogP contribution in [0.25, 0.3) is 5.52 Å². The van der Waals surface area contributed by atoms with E-state index in [4.69, 9.17) is 4.74 Å². The monoisotopic (exact) mass is 261 g/mol. The number of esters is 1. The first-order valence-electron chi connectivity index (χ1n) is 6.02. The van der Waals surface area contributed by atoms with Gasteiger partial charge in [0.05, 0.1) is 18.5 Å². The summed E-state index contributed by atoms with van der Waals surface area (Å²) < 4.78 is 6.62.